The Balaban J connectivity index is 2.52. The lowest BCUT2D eigenvalue weighted by Gasteiger charge is -2.15. The van der Waals surface area contributed by atoms with Gasteiger partial charge < -0.3 is 16.2 Å². The molecule has 5 nitrogen and oxygen atoms in total. The fourth-order valence-corrected chi connectivity index (χ4v) is 1.77. The van der Waals surface area contributed by atoms with E-state index in [0.29, 0.717) is 18.4 Å². The molecule has 0 bridgehead atoms. The summed E-state index contributed by atoms with van der Waals surface area (Å²) in [5.74, 6) is -3.57. The van der Waals surface area contributed by atoms with Gasteiger partial charge in [-0.15, -0.1) is 0 Å². The van der Waals surface area contributed by atoms with Gasteiger partial charge in [0.05, 0.1) is 6.04 Å². The second-order valence-electron chi connectivity index (χ2n) is 4.83. The minimum atomic E-state index is -1.16. The van der Waals surface area contributed by atoms with Crippen LogP contribution < -0.4 is 11.1 Å². The number of carboxylic acid groups (broad SMARTS) is 1. The van der Waals surface area contributed by atoms with Crippen LogP contribution in [0.5, 0.6) is 0 Å². The fraction of sp³-hybridized carbons (Fsp3) is 0.429. The number of hydrogen-bond donors (Lipinski definition) is 3. The number of nitrogens with one attached hydrogen (secondary N) is 1. The van der Waals surface area contributed by atoms with Crippen LogP contribution in [-0.2, 0) is 16.0 Å². The average molecular weight is 300 g/mol. The highest BCUT2D eigenvalue weighted by molar-refractivity contribution is 5.86. The molecule has 0 aliphatic carbocycles. The average Bonchev–Trinajstić information content (AvgIpc) is 2.41. The first-order valence-corrected chi connectivity index (χ1v) is 6.54. The maximum absolute atomic E-state index is 13.0. The molecule has 0 fully saturated rings. The number of aryl methyl sites for hydroxylation is 1. The van der Waals surface area contributed by atoms with Crippen LogP contribution in [0.15, 0.2) is 18.2 Å². The summed E-state index contributed by atoms with van der Waals surface area (Å²) in [6.07, 6.45) is 0.961. The fourth-order valence-electron chi connectivity index (χ4n) is 1.77. The Hall–Kier alpha value is -2.02. The smallest absolute Gasteiger partial charge is 0.326 e. The van der Waals surface area contributed by atoms with Gasteiger partial charge in [0.25, 0.3) is 0 Å². The molecule has 4 N–H and O–H groups in total. The van der Waals surface area contributed by atoms with Gasteiger partial charge in [-0.05, 0) is 43.9 Å². The predicted molar refractivity (Wildman–Crippen MR) is 72.5 cm³/mol. The van der Waals surface area contributed by atoms with Crippen molar-refractivity contribution in [3.8, 4) is 0 Å². The van der Waals surface area contributed by atoms with E-state index in [0.717, 1.165) is 12.1 Å². The number of amides is 1. The Labute approximate surface area is 121 Å². The van der Waals surface area contributed by atoms with Crippen LogP contribution in [0.4, 0.5) is 8.78 Å². The van der Waals surface area contributed by atoms with Gasteiger partial charge in [0.2, 0.25) is 5.91 Å². The van der Waals surface area contributed by atoms with Crippen molar-refractivity contribution >= 4 is 11.9 Å². The number of nitrogens with two attached hydrogens (primary N) is 1. The van der Waals surface area contributed by atoms with Gasteiger partial charge in [0.15, 0.2) is 11.6 Å². The minimum absolute atomic E-state index is 0.173. The molecule has 1 aromatic rings. The quantitative estimate of drug-likeness (QED) is 0.705. The Bertz CT molecular complexity index is 521. The summed E-state index contributed by atoms with van der Waals surface area (Å²) in [6.45, 7) is 1.45. The molecule has 1 amide bonds. The summed E-state index contributed by atoms with van der Waals surface area (Å²) in [6, 6.07) is 1.70. The van der Waals surface area contributed by atoms with E-state index in [2.05, 4.69) is 5.32 Å². The molecule has 116 valence electrons. The number of carboxylic acids is 1. The number of rotatable bonds is 7. The van der Waals surface area contributed by atoms with Crippen molar-refractivity contribution in [3.63, 3.8) is 0 Å². The van der Waals surface area contributed by atoms with Gasteiger partial charge in [-0.2, -0.15) is 0 Å². The Kier molecular flexibility index (Phi) is 6.23. The summed E-state index contributed by atoms with van der Waals surface area (Å²) in [5.41, 5.74) is 5.92. The van der Waals surface area contributed by atoms with E-state index in [1.165, 1.54) is 13.0 Å². The molecule has 0 radical (unpaired) electrons. The molecule has 0 saturated heterocycles. The Morgan fingerprint density at radius 3 is 2.52 bits per heavy atom. The van der Waals surface area contributed by atoms with E-state index in [9.17, 15) is 18.4 Å². The molecule has 0 spiro atoms. The van der Waals surface area contributed by atoms with Gasteiger partial charge in [0.1, 0.15) is 6.04 Å². The van der Waals surface area contributed by atoms with Crippen LogP contribution in [0.3, 0.4) is 0 Å². The first kappa shape index (κ1) is 17.0. The van der Waals surface area contributed by atoms with Crippen molar-refractivity contribution in [1.29, 1.82) is 0 Å². The summed E-state index contributed by atoms with van der Waals surface area (Å²) in [5, 5.41) is 11.3. The molecule has 1 rings (SSSR count). The third-order valence-corrected chi connectivity index (χ3v) is 2.97. The van der Waals surface area contributed by atoms with Crippen LogP contribution in [0.1, 0.15) is 25.3 Å². The second-order valence-corrected chi connectivity index (χ2v) is 4.83. The van der Waals surface area contributed by atoms with Crippen LogP contribution >= 0.6 is 0 Å². The van der Waals surface area contributed by atoms with Gasteiger partial charge in [-0.1, -0.05) is 6.07 Å². The molecule has 2 atom stereocenters. The van der Waals surface area contributed by atoms with E-state index < -0.39 is 35.6 Å². The maximum atomic E-state index is 13.0. The van der Waals surface area contributed by atoms with E-state index in [4.69, 9.17) is 10.8 Å². The number of benzene rings is 1. The molecule has 21 heavy (non-hydrogen) atoms. The largest absolute Gasteiger partial charge is 0.480 e. The van der Waals surface area contributed by atoms with E-state index in [-0.39, 0.29) is 6.42 Å². The van der Waals surface area contributed by atoms with Crippen molar-refractivity contribution in [2.45, 2.75) is 38.3 Å². The zero-order valence-electron chi connectivity index (χ0n) is 11.6. The first-order chi connectivity index (χ1) is 9.81. The zero-order valence-corrected chi connectivity index (χ0v) is 11.6. The highest BCUT2D eigenvalue weighted by Crippen LogP contribution is 2.12. The van der Waals surface area contributed by atoms with Gasteiger partial charge in [0, 0.05) is 0 Å². The first-order valence-electron chi connectivity index (χ1n) is 6.54. The van der Waals surface area contributed by atoms with Crippen molar-refractivity contribution in [1.82, 2.24) is 5.32 Å². The third-order valence-electron chi connectivity index (χ3n) is 2.97. The third kappa shape index (κ3) is 5.47. The van der Waals surface area contributed by atoms with Crippen molar-refractivity contribution in [2.24, 2.45) is 5.73 Å². The predicted octanol–water partition coefficient (Wildman–Crippen LogP) is 1.20. The molecule has 0 aliphatic heterocycles. The number of hydrogen-bond acceptors (Lipinski definition) is 3. The van der Waals surface area contributed by atoms with Crippen molar-refractivity contribution in [2.75, 3.05) is 0 Å². The second kappa shape index (κ2) is 7.68. The Morgan fingerprint density at radius 1 is 1.33 bits per heavy atom. The number of carbonyl (C=O) groups excluding carboxylic acids is 1. The summed E-state index contributed by atoms with van der Waals surface area (Å²) in [4.78, 5) is 22.4. The van der Waals surface area contributed by atoms with Crippen LogP contribution in [-0.4, -0.2) is 29.1 Å². The monoisotopic (exact) mass is 300 g/mol. The van der Waals surface area contributed by atoms with Crippen LogP contribution in [0.2, 0.25) is 0 Å². The SMILES string of the molecule is C[C@H](N)C(=O)NC(CCCc1ccc(F)c(F)c1)C(=O)O. The normalized spacial score (nSPS) is 13.5. The molecule has 0 heterocycles. The molecule has 1 unspecified atom stereocenters. The van der Waals surface area contributed by atoms with Crippen molar-refractivity contribution < 1.29 is 23.5 Å². The topological polar surface area (TPSA) is 92.4 Å². The van der Waals surface area contributed by atoms with Crippen LogP contribution in [0.25, 0.3) is 0 Å². The standard InChI is InChI=1S/C14H18F2N2O3/c1-8(17)13(19)18-12(14(20)21)4-2-3-9-5-6-10(15)11(16)7-9/h5-8,12H,2-4,17H2,1H3,(H,18,19)(H,20,21)/t8-,12?/m0/s1. The molecular formula is C14H18F2N2O3. The summed E-state index contributed by atoms with van der Waals surface area (Å²) in [7, 11) is 0. The van der Waals surface area contributed by atoms with E-state index in [1.54, 1.807) is 0 Å². The molecule has 1 aromatic carbocycles. The van der Waals surface area contributed by atoms with Gasteiger partial charge in [-0.25, -0.2) is 13.6 Å². The number of aliphatic carboxylic acids is 1. The molecular weight excluding hydrogens is 282 g/mol. The summed E-state index contributed by atoms with van der Waals surface area (Å²) >= 11 is 0. The van der Waals surface area contributed by atoms with Crippen molar-refractivity contribution in [3.05, 3.63) is 35.4 Å². The molecule has 0 aliphatic rings. The lowest BCUT2D eigenvalue weighted by molar-refractivity contribution is -0.142. The van der Waals surface area contributed by atoms with E-state index in [1.807, 2.05) is 0 Å². The molecule has 0 saturated carbocycles. The minimum Gasteiger partial charge on any atom is -0.480 e. The maximum Gasteiger partial charge on any atom is 0.326 e. The highest BCUT2D eigenvalue weighted by Gasteiger charge is 2.21. The highest BCUT2D eigenvalue weighted by atomic mass is 19.2. The lowest BCUT2D eigenvalue weighted by Crippen LogP contribution is -2.47. The molecule has 7 heteroatoms. The van der Waals surface area contributed by atoms with Crippen LogP contribution in [0, 0.1) is 11.6 Å². The van der Waals surface area contributed by atoms with Gasteiger partial charge >= 0.3 is 5.97 Å². The number of halogens is 2. The lowest BCUT2D eigenvalue weighted by atomic mass is 10.0. The number of carbonyl (C=O) groups is 2. The molecule has 0 aromatic heterocycles. The Morgan fingerprint density at radius 2 is 2.00 bits per heavy atom. The summed E-state index contributed by atoms with van der Waals surface area (Å²) < 4.78 is 25.8. The zero-order chi connectivity index (χ0) is 16.0. The van der Waals surface area contributed by atoms with E-state index >= 15 is 0 Å². The van der Waals surface area contributed by atoms with Gasteiger partial charge in [-0.3, -0.25) is 4.79 Å².